The molecule has 11 heavy (non-hydrogen) atoms. The van der Waals surface area contributed by atoms with Gasteiger partial charge in [0.1, 0.15) is 0 Å². The summed E-state index contributed by atoms with van der Waals surface area (Å²) < 4.78 is 0. The van der Waals surface area contributed by atoms with Crippen LogP contribution in [0.25, 0.3) is 0 Å². The van der Waals surface area contributed by atoms with Crippen LogP contribution < -0.4 is 0 Å². The average Bonchev–Trinajstić information content (AvgIpc) is 2.17. The van der Waals surface area contributed by atoms with E-state index in [0.29, 0.717) is 17.6 Å². The molecule has 2 unspecified atom stereocenters. The van der Waals surface area contributed by atoms with E-state index in [9.17, 15) is 5.11 Å². The predicted octanol–water partition coefficient (Wildman–Crippen LogP) is 3.05. The summed E-state index contributed by atoms with van der Waals surface area (Å²) in [5, 5.41) is 9.43. The van der Waals surface area contributed by atoms with E-state index in [-0.39, 0.29) is 0 Å². The van der Waals surface area contributed by atoms with Crippen molar-refractivity contribution in [3.05, 3.63) is 23.5 Å². The van der Waals surface area contributed by atoms with Crippen molar-refractivity contribution in [2.75, 3.05) is 0 Å². The Kier molecular flexibility index (Phi) is 2.08. The normalized spacial score (nSPS) is 31.2. The maximum Gasteiger partial charge on any atom is 0.0920 e. The van der Waals surface area contributed by atoms with E-state index in [1.807, 2.05) is 13.8 Å². The Morgan fingerprint density at radius 1 is 1.64 bits per heavy atom. The fraction of sp³-hybridized carbons (Fsp3) is 0.600. The molecule has 0 saturated carbocycles. The maximum atomic E-state index is 9.43. The van der Waals surface area contributed by atoms with E-state index in [1.54, 1.807) is 0 Å². The molecule has 0 aromatic rings. The third kappa shape index (κ3) is 1.32. The second kappa shape index (κ2) is 2.72. The van der Waals surface area contributed by atoms with Crippen molar-refractivity contribution in [3.8, 4) is 0 Å². The Morgan fingerprint density at radius 3 is 2.36 bits per heavy atom. The molecule has 0 radical (unpaired) electrons. The zero-order chi connectivity index (χ0) is 8.59. The summed E-state index contributed by atoms with van der Waals surface area (Å²) in [6, 6.07) is 0. The molecule has 0 aromatic carbocycles. The van der Waals surface area contributed by atoms with Crippen molar-refractivity contribution in [2.24, 2.45) is 11.8 Å². The first-order valence-corrected chi connectivity index (χ1v) is 4.08. The van der Waals surface area contributed by atoms with Crippen LogP contribution in [-0.4, -0.2) is 5.11 Å². The van der Waals surface area contributed by atoms with E-state index in [2.05, 4.69) is 13.5 Å². The van der Waals surface area contributed by atoms with Crippen LogP contribution in [-0.2, 0) is 0 Å². The number of hydrogen-bond donors (Lipinski definition) is 1. The average molecular weight is 152 g/mol. The molecule has 0 fully saturated rings. The van der Waals surface area contributed by atoms with E-state index < -0.39 is 0 Å². The minimum atomic E-state index is 0.468. The lowest BCUT2D eigenvalue weighted by Gasteiger charge is -2.15. The van der Waals surface area contributed by atoms with Gasteiger partial charge in [-0.3, -0.25) is 0 Å². The molecular formula is C10H16O. The van der Waals surface area contributed by atoms with E-state index in [1.165, 1.54) is 5.57 Å². The van der Waals surface area contributed by atoms with Crippen LogP contribution in [0.2, 0.25) is 0 Å². The van der Waals surface area contributed by atoms with Gasteiger partial charge in [-0.15, -0.1) is 0 Å². The first-order chi connectivity index (χ1) is 5.04. The molecule has 0 heterocycles. The number of aliphatic hydroxyl groups excluding tert-OH is 1. The fourth-order valence-electron chi connectivity index (χ4n) is 1.71. The Hall–Kier alpha value is -0.720. The molecule has 0 aromatic heterocycles. The molecule has 1 nitrogen and oxygen atoms in total. The SMILES string of the molecule is C=C(C)C1CC(O)=C(C)C1C. The molecule has 0 amide bonds. The van der Waals surface area contributed by atoms with Crippen molar-refractivity contribution in [1.29, 1.82) is 0 Å². The van der Waals surface area contributed by atoms with Crippen LogP contribution in [0.15, 0.2) is 23.5 Å². The molecule has 0 saturated heterocycles. The second-order valence-electron chi connectivity index (χ2n) is 3.58. The minimum absolute atomic E-state index is 0.468. The predicted molar refractivity (Wildman–Crippen MR) is 47.4 cm³/mol. The zero-order valence-electron chi connectivity index (χ0n) is 7.52. The van der Waals surface area contributed by atoms with Crippen molar-refractivity contribution < 1.29 is 5.11 Å². The summed E-state index contributed by atoms with van der Waals surface area (Å²) >= 11 is 0. The molecule has 1 aliphatic carbocycles. The van der Waals surface area contributed by atoms with Gasteiger partial charge in [-0.1, -0.05) is 19.1 Å². The minimum Gasteiger partial charge on any atom is -0.512 e. The van der Waals surface area contributed by atoms with Crippen molar-refractivity contribution in [2.45, 2.75) is 27.2 Å². The quantitative estimate of drug-likeness (QED) is 0.572. The molecule has 1 aliphatic rings. The van der Waals surface area contributed by atoms with Crippen LogP contribution in [0, 0.1) is 11.8 Å². The number of allylic oxidation sites excluding steroid dienone is 3. The molecule has 0 spiro atoms. The third-order valence-electron chi connectivity index (χ3n) is 2.79. The first kappa shape index (κ1) is 8.38. The monoisotopic (exact) mass is 152 g/mol. The van der Waals surface area contributed by atoms with Gasteiger partial charge in [-0.2, -0.15) is 0 Å². The Balaban J connectivity index is 2.78. The number of hydrogen-bond acceptors (Lipinski definition) is 1. The van der Waals surface area contributed by atoms with E-state index in [4.69, 9.17) is 0 Å². The largest absolute Gasteiger partial charge is 0.512 e. The lowest BCUT2D eigenvalue weighted by atomic mass is 9.89. The molecule has 1 rings (SSSR count). The van der Waals surface area contributed by atoms with Crippen LogP contribution >= 0.6 is 0 Å². The summed E-state index contributed by atoms with van der Waals surface area (Å²) in [6.07, 6.45) is 0.794. The fourth-order valence-corrected chi connectivity index (χ4v) is 1.71. The summed E-state index contributed by atoms with van der Waals surface area (Å²) in [7, 11) is 0. The summed E-state index contributed by atoms with van der Waals surface area (Å²) in [6.45, 7) is 10.1. The Bertz CT molecular complexity index is 213. The van der Waals surface area contributed by atoms with Gasteiger partial charge in [0, 0.05) is 6.42 Å². The molecule has 0 aliphatic heterocycles. The van der Waals surface area contributed by atoms with Crippen molar-refractivity contribution in [3.63, 3.8) is 0 Å². The molecule has 1 heteroatoms. The van der Waals surface area contributed by atoms with Crippen LogP contribution in [0.1, 0.15) is 27.2 Å². The van der Waals surface area contributed by atoms with Gasteiger partial charge in [0.15, 0.2) is 0 Å². The van der Waals surface area contributed by atoms with E-state index >= 15 is 0 Å². The molecule has 2 atom stereocenters. The highest BCUT2D eigenvalue weighted by Crippen LogP contribution is 2.38. The van der Waals surface area contributed by atoms with Crippen LogP contribution in [0.5, 0.6) is 0 Å². The van der Waals surface area contributed by atoms with Crippen molar-refractivity contribution >= 4 is 0 Å². The van der Waals surface area contributed by atoms with Gasteiger partial charge >= 0.3 is 0 Å². The molecule has 0 bridgehead atoms. The standard InChI is InChI=1S/C10H16O/c1-6(2)9-5-10(11)8(4)7(9)3/h7,9,11H,1,5H2,2-4H3. The van der Waals surface area contributed by atoms with Gasteiger partial charge in [0.2, 0.25) is 0 Å². The summed E-state index contributed by atoms with van der Waals surface area (Å²) in [5.41, 5.74) is 2.32. The van der Waals surface area contributed by atoms with Gasteiger partial charge in [-0.25, -0.2) is 0 Å². The number of aliphatic hydroxyl groups is 1. The van der Waals surface area contributed by atoms with Crippen LogP contribution in [0.4, 0.5) is 0 Å². The third-order valence-corrected chi connectivity index (χ3v) is 2.79. The topological polar surface area (TPSA) is 20.2 Å². The van der Waals surface area contributed by atoms with Gasteiger partial charge in [0.05, 0.1) is 5.76 Å². The number of rotatable bonds is 1. The highest BCUT2D eigenvalue weighted by molar-refractivity contribution is 5.22. The Labute approximate surface area is 68.4 Å². The van der Waals surface area contributed by atoms with Gasteiger partial charge < -0.3 is 5.11 Å². The maximum absolute atomic E-state index is 9.43. The van der Waals surface area contributed by atoms with Gasteiger partial charge in [-0.05, 0) is 31.3 Å². The Morgan fingerprint density at radius 2 is 2.18 bits per heavy atom. The summed E-state index contributed by atoms with van der Waals surface area (Å²) in [4.78, 5) is 0. The second-order valence-corrected chi connectivity index (χ2v) is 3.58. The lowest BCUT2D eigenvalue weighted by Crippen LogP contribution is -2.06. The summed E-state index contributed by atoms with van der Waals surface area (Å²) in [5.74, 6) is 1.52. The highest BCUT2D eigenvalue weighted by atomic mass is 16.3. The highest BCUT2D eigenvalue weighted by Gasteiger charge is 2.29. The molecule has 1 N–H and O–H groups in total. The van der Waals surface area contributed by atoms with E-state index in [0.717, 1.165) is 12.0 Å². The van der Waals surface area contributed by atoms with Gasteiger partial charge in [0.25, 0.3) is 0 Å². The molecule has 62 valence electrons. The zero-order valence-corrected chi connectivity index (χ0v) is 7.52. The smallest absolute Gasteiger partial charge is 0.0920 e. The van der Waals surface area contributed by atoms with Crippen LogP contribution in [0.3, 0.4) is 0 Å². The van der Waals surface area contributed by atoms with Crippen molar-refractivity contribution in [1.82, 2.24) is 0 Å². The molecular weight excluding hydrogens is 136 g/mol. The first-order valence-electron chi connectivity index (χ1n) is 4.08. The lowest BCUT2D eigenvalue weighted by molar-refractivity contribution is 0.378.